The summed E-state index contributed by atoms with van der Waals surface area (Å²) in [6, 6.07) is 0.342. The minimum atomic E-state index is -4.28. The molecule has 0 heterocycles. The summed E-state index contributed by atoms with van der Waals surface area (Å²) in [4.78, 5) is 0. The maximum atomic E-state index is 11.5. The minimum Gasteiger partial charge on any atom is -0.354 e. The number of alkyl halides is 3. The highest BCUT2D eigenvalue weighted by molar-refractivity contribution is 4.50. The van der Waals surface area contributed by atoms with Gasteiger partial charge in [-0.25, -0.2) is 0 Å². The summed E-state index contributed by atoms with van der Waals surface area (Å²) in [5, 5.41) is 3.05. The predicted octanol–water partition coefficient (Wildman–Crippen LogP) is 1.54. The number of ether oxygens (including phenoxy) is 2. The maximum Gasteiger partial charge on any atom is 0.411 e. The molecule has 0 fully saturated rings. The average molecular weight is 215 g/mol. The third kappa shape index (κ3) is 11.7. The van der Waals surface area contributed by atoms with E-state index in [0.29, 0.717) is 19.2 Å². The maximum absolute atomic E-state index is 11.5. The van der Waals surface area contributed by atoms with Gasteiger partial charge in [-0.1, -0.05) is 13.8 Å². The Hall–Kier alpha value is -0.330. The Morgan fingerprint density at radius 2 is 1.86 bits per heavy atom. The second-order valence-electron chi connectivity index (χ2n) is 3.10. The summed E-state index contributed by atoms with van der Waals surface area (Å²) in [7, 11) is 0. The molecule has 0 aromatic carbocycles. The van der Waals surface area contributed by atoms with Gasteiger partial charge in [0.25, 0.3) is 0 Å². The van der Waals surface area contributed by atoms with E-state index in [0.717, 1.165) is 0 Å². The van der Waals surface area contributed by atoms with Gasteiger partial charge in [-0.2, -0.15) is 13.2 Å². The van der Waals surface area contributed by atoms with Gasteiger partial charge in [0.1, 0.15) is 13.4 Å². The number of halogens is 3. The van der Waals surface area contributed by atoms with E-state index in [9.17, 15) is 13.2 Å². The van der Waals surface area contributed by atoms with Crippen molar-refractivity contribution in [2.75, 3.05) is 26.6 Å². The van der Waals surface area contributed by atoms with Crippen LogP contribution in [0.15, 0.2) is 0 Å². The molecule has 0 aliphatic rings. The van der Waals surface area contributed by atoms with Crippen molar-refractivity contribution in [3.63, 3.8) is 0 Å². The van der Waals surface area contributed by atoms with Crippen molar-refractivity contribution in [3.8, 4) is 0 Å². The van der Waals surface area contributed by atoms with Crippen LogP contribution < -0.4 is 5.32 Å². The Labute approximate surface area is 81.6 Å². The number of hydrogen-bond acceptors (Lipinski definition) is 3. The van der Waals surface area contributed by atoms with Crippen LogP contribution in [0.5, 0.6) is 0 Å². The zero-order valence-corrected chi connectivity index (χ0v) is 8.36. The van der Waals surface area contributed by atoms with Gasteiger partial charge in [-0.15, -0.1) is 0 Å². The van der Waals surface area contributed by atoms with E-state index in [2.05, 4.69) is 10.1 Å². The topological polar surface area (TPSA) is 30.5 Å². The van der Waals surface area contributed by atoms with Gasteiger partial charge in [0, 0.05) is 12.6 Å². The fourth-order valence-corrected chi connectivity index (χ4v) is 0.695. The van der Waals surface area contributed by atoms with E-state index < -0.39 is 12.8 Å². The summed E-state index contributed by atoms with van der Waals surface area (Å²) in [5.41, 5.74) is 0. The summed E-state index contributed by atoms with van der Waals surface area (Å²) in [6.07, 6.45) is -4.28. The quantitative estimate of drug-likeness (QED) is 0.516. The summed E-state index contributed by atoms with van der Waals surface area (Å²) >= 11 is 0. The van der Waals surface area contributed by atoms with Gasteiger partial charge in [0.15, 0.2) is 0 Å². The lowest BCUT2D eigenvalue weighted by Gasteiger charge is -2.10. The van der Waals surface area contributed by atoms with Crippen LogP contribution >= 0.6 is 0 Å². The molecule has 0 radical (unpaired) electrons. The molecular weight excluding hydrogens is 199 g/mol. The molecule has 0 unspecified atom stereocenters. The Morgan fingerprint density at radius 3 is 2.36 bits per heavy atom. The van der Waals surface area contributed by atoms with Gasteiger partial charge in [0.2, 0.25) is 0 Å². The zero-order valence-electron chi connectivity index (χ0n) is 8.36. The third-order valence-corrected chi connectivity index (χ3v) is 1.23. The molecule has 0 amide bonds. The molecule has 0 bridgehead atoms. The molecule has 0 saturated heterocycles. The predicted molar refractivity (Wildman–Crippen MR) is 46.0 cm³/mol. The summed E-state index contributed by atoms with van der Waals surface area (Å²) in [6.45, 7) is 3.31. The number of rotatable bonds is 7. The van der Waals surface area contributed by atoms with E-state index in [-0.39, 0.29) is 6.79 Å². The minimum absolute atomic E-state index is 0.320. The standard InChI is InChI=1S/C8H16F3NO2/c1-7(2)12-3-4-13-6-14-5-8(9,10)11/h7,12H,3-6H2,1-2H3. The molecule has 0 aliphatic carbocycles. The Bertz CT molecular complexity index is 139. The van der Waals surface area contributed by atoms with Crippen molar-refractivity contribution in [2.24, 2.45) is 0 Å². The van der Waals surface area contributed by atoms with Crippen LogP contribution in [-0.2, 0) is 9.47 Å². The molecule has 0 aliphatic heterocycles. The lowest BCUT2D eigenvalue weighted by atomic mass is 10.4. The molecule has 14 heavy (non-hydrogen) atoms. The molecule has 0 saturated carbocycles. The molecule has 1 N–H and O–H groups in total. The second kappa shape index (κ2) is 7.03. The highest BCUT2D eigenvalue weighted by Gasteiger charge is 2.27. The molecule has 6 heteroatoms. The van der Waals surface area contributed by atoms with Gasteiger partial charge >= 0.3 is 6.18 Å². The van der Waals surface area contributed by atoms with Gasteiger partial charge in [0.05, 0.1) is 6.61 Å². The molecule has 0 aromatic heterocycles. The number of nitrogens with one attached hydrogen (secondary N) is 1. The highest BCUT2D eigenvalue weighted by atomic mass is 19.4. The third-order valence-electron chi connectivity index (χ3n) is 1.23. The van der Waals surface area contributed by atoms with Crippen LogP contribution in [0.4, 0.5) is 13.2 Å². The van der Waals surface area contributed by atoms with Gasteiger partial charge in [-0.3, -0.25) is 0 Å². The van der Waals surface area contributed by atoms with Crippen molar-refractivity contribution >= 4 is 0 Å². The van der Waals surface area contributed by atoms with E-state index in [1.165, 1.54) is 0 Å². The van der Waals surface area contributed by atoms with Crippen molar-refractivity contribution < 1.29 is 22.6 Å². The first kappa shape index (κ1) is 13.7. The normalized spacial score (nSPS) is 12.4. The molecule has 0 rings (SSSR count). The van der Waals surface area contributed by atoms with E-state index in [1.807, 2.05) is 13.8 Å². The monoisotopic (exact) mass is 215 g/mol. The van der Waals surface area contributed by atoms with Crippen LogP contribution in [0.1, 0.15) is 13.8 Å². The Morgan fingerprint density at radius 1 is 1.21 bits per heavy atom. The Kier molecular flexibility index (Phi) is 6.86. The zero-order chi connectivity index (χ0) is 11.0. The molecular formula is C8H16F3NO2. The van der Waals surface area contributed by atoms with Crippen molar-refractivity contribution in [1.82, 2.24) is 5.32 Å². The van der Waals surface area contributed by atoms with Crippen molar-refractivity contribution in [3.05, 3.63) is 0 Å². The van der Waals surface area contributed by atoms with Crippen molar-refractivity contribution in [2.45, 2.75) is 26.1 Å². The largest absolute Gasteiger partial charge is 0.411 e. The lowest BCUT2D eigenvalue weighted by molar-refractivity contribution is -0.196. The van der Waals surface area contributed by atoms with E-state index in [4.69, 9.17) is 4.74 Å². The van der Waals surface area contributed by atoms with E-state index >= 15 is 0 Å². The second-order valence-corrected chi connectivity index (χ2v) is 3.10. The van der Waals surface area contributed by atoms with E-state index in [1.54, 1.807) is 0 Å². The first-order valence-electron chi connectivity index (χ1n) is 4.37. The average Bonchev–Trinajstić information content (AvgIpc) is 2.00. The Balaban J connectivity index is 3.07. The molecule has 0 aromatic rings. The molecule has 3 nitrogen and oxygen atoms in total. The molecule has 86 valence electrons. The summed E-state index contributed by atoms with van der Waals surface area (Å²) < 4.78 is 43.7. The first-order valence-corrected chi connectivity index (χ1v) is 4.37. The SMILES string of the molecule is CC(C)NCCOCOCC(F)(F)F. The first-order chi connectivity index (χ1) is 6.42. The summed E-state index contributed by atoms with van der Waals surface area (Å²) in [5.74, 6) is 0. The smallest absolute Gasteiger partial charge is 0.354 e. The fourth-order valence-electron chi connectivity index (χ4n) is 0.695. The van der Waals surface area contributed by atoms with Gasteiger partial charge < -0.3 is 14.8 Å². The van der Waals surface area contributed by atoms with Crippen LogP contribution in [0, 0.1) is 0 Å². The van der Waals surface area contributed by atoms with Crippen molar-refractivity contribution in [1.29, 1.82) is 0 Å². The van der Waals surface area contributed by atoms with Crippen LogP contribution in [0.3, 0.4) is 0 Å². The highest BCUT2D eigenvalue weighted by Crippen LogP contribution is 2.13. The fraction of sp³-hybridized carbons (Fsp3) is 1.00. The van der Waals surface area contributed by atoms with Crippen LogP contribution in [0.25, 0.3) is 0 Å². The van der Waals surface area contributed by atoms with Crippen LogP contribution in [-0.4, -0.2) is 38.8 Å². The molecule has 0 atom stereocenters. The lowest BCUT2D eigenvalue weighted by Crippen LogP contribution is -2.27. The van der Waals surface area contributed by atoms with Crippen LogP contribution in [0.2, 0.25) is 0 Å². The van der Waals surface area contributed by atoms with Gasteiger partial charge in [-0.05, 0) is 0 Å². The molecule has 0 spiro atoms. The number of hydrogen-bond donors (Lipinski definition) is 1.